The fourth-order valence-corrected chi connectivity index (χ4v) is 2.41. The Kier molecular flexibility index (Phi) is 4.57. The van der Waals surface area contributed by atoms with Gasteiger partial charge in [0.05, 0.1) is 17.9 Å². The van der Waals surface area contributed by atoms with Gasteiger partial charge in [-0.1, -0.05) is 0 Å². The third-order valence-corrected chi connectivity index (χ3v) is 3.46. The molecule has 0 amide bonds. The van der Waals surface area contributed by atoms with E-state index in [-0.39, 0.29) is 0 Å². The van der Waals surface area contributed by atoms with E-state index in [0.717, 1.165) is 25.9 Å². The molecule has 20 heavy (non-hydrogen) atoms. The van der Waals surface area contributed by atoms with Gasteiger partial charge in [0.2, 0.25) is 0 Å². The standard InChI is InChI=1S/C15H19N3O2/c1-3-20-15(19)13-9-12(10-16)11(2)17-14(13)18-7-5-4-6-8-18/h9H,3-8H2,1-2H3. The molecular weight excluding hydrogens is 254 g/mol. The van der Waals surface area contributed by atoms with Crippen molar-refractivity contribution in [1.29, 1.82) is 5.26 Å². The molecule has 0 aromatic carbocycles. The molecule has 0 unspecified atom stereocenters. The molecule has 5 heteroatoms. The number of piperidine rings is 1. The summed E-state index contributed by atoms with van der Waals surface area (Å²) in [5.41, 5.74) is 1.48. The number of ether oxygens (including phenoxy) is 1. The van der Waals surface area contributed by atoms with Gasteiger partial charge < -0.3 is 9.64 Å². The van der Waals surface area contributed by atoms with Crippen LogP contribution in [0.15, 0.2) is 6.07 Å². The van der Waals surface area contributed by atoms with Crippen molar-refractivity contribution in [2.24, 2.45) is 0 Å². The van der Waals surface area contributed by atoms with E-state index in [2.05, 4.69) is 16.0 Å². The first-order valence-electron chi connectivity index (χ1n) is 7.01. The Bertz CT molecular complexity index is 543. The van der Waals surface area contributed by atoms with Crippen LogP contribution < -0.4 is 4.90 Å². The molecule has 1 aliphatic heterocycles. The van der Waals surface area contributed by atoms with Crippen molar-refractivity contribution >= 4 is 11.8 Å². The molecule has 0 saturated carbocycles. The molecule has 1 fully saturated rings. The van der Waals surface area contributed by atoms with Crippen LogP contribution in [0.1, 0.15) is 47.8 Å². The molecule has 0 bridgehead atoms. The lowest BCUT2D eigenvalue weighted by Crippen LogP contribution is -2.32. The SMILES string of the molecule is CCOC(=O)c1cc(C#N)c(C)nc1N1CCCCC1. The molecule has 1 saturated heterocycles. The minimum absolute atomic E-state index is 0.314. The summed E-state index contributed by atoms with van der Waals surface area (Å²) in [5.74, 6) is 0.247. The minimum atomic E-state index is -0.405. The zero-order valence-corrected chi connectivity index (χ0v) is 12.0. The molecule has 5 nitrogen and oxygen atoms in total. The van der Waals surface area contributed by atoms with Crippen LogP contribution in [-0.2, 0) is 4.74 Å². The second-order valence-corrected chi connectivity index (χ2v) is 4.87. The first-order valence-corrected chi connectivity index (χ1v) is 7.01. The third kappa shape index (κ3) is 2.90. The van der Waals surface area contributed by atoms with Crippen LogP contribution in [0, 0.1) is 18.3 Å². The predicted octanol–water partition coefficient (Wildman–Crippen LogP) is 2.43. The van der Waals surface area contributed by atoms with Gasteiger partial charge in [-0.15, -0.1) is 0 Å². The van der Waals surface area contributed by atoms with Crippen molar-refractivity contribution in [3.8, 4) is 6.07 Å². The van der Waals surface area contributed by atoms with E-state index >= 15 is 0 Å². The Morgan fingerprint density at radius 3 is 2.75 bits per heavy atom. The van der Waals surface area contributed by atoms with Crippen molar-refractivity contribution < 1.29 is 9.53 Å². The van der Waals surface area contributed by atoms with Gasteiger partial charge in [0.15, 0.2) is 0 Å². The van der Waals surface area contributed by atoms with E-state index in [4.69, 9.17) is 10.00 Å². The summed E-state index contributed by atoms with van der Waals surface area (Å²) in [7, 11) is 0. The number of anilines is 1. The normalized spacial score (nSPS) is 14.8. The number of nitrogens with zero attached hydrogens (tertiary/aromatic N) is 3. The van der Waals surface area contributed by atoms with Crippen molar-refractivity contribution in [2.45, 2.75) is 33.1 Å². The lowest BCUT2D eigenvalue weighted by molar-refractivity contribution is 0.0526. The average Bonchev–Trinajstić information content (AvgIpc) is 2.48. The molecule has 0 spiro atoms. The molecule has 0 radical (unpaired) electrons. The number of hydrogen-bond donors (Lipinski definition) is 0. The Balaban J connectivity index is 2.44. The van der Waals surface area contributed by atoms with Crippen LogP contribution in [0.4, 0.5) is 5.82 Å². The summed E-state index contributed by atoms with van der Waals surface area (Å²) in [6, 6.07) is 3.68. The van der Waals surface area contributed by atoms with Crippen LogP contribution in [-0.4, -0.2) is 30.6 Å². The number of aromatic nitrogens is 1. The van der Waals surface area contributed by atoms with E-state index in [9.17, 15) is 4.79 Å². The summed E-state index contributed by atoms with van der Waals surface area (Å²) in [6.07, 6.45) is 3.41. The number of nitriles is 1. The number of aryl methyl sites for hydroxylation is 1. The largest absolute Gasteiger partial charge is 0.462 e. The second kappa shape index (κ2) is 6.38. The number of pyridine rings is 1. The lowest BCUT2D eigenvalue weighted by Gasteiger charge is -2.29. The molecule has 1 aromatic rings. The maximum Gasteiger partial charge on any atom is 0.341 e. The molecule has 1 aliphatic rings. The topological polar surface area (TPSA) is 66.2 Å². The highest BCUT2D eigenvalue weighted by Gasteiger charge is 2.22. The third-order valence-electron chi connectivity index (χ3n) is 3.46. The molecule has 1 aromatic heterocycles. The Morgan fingerprint density at radius 2 is 2.15 bits per heavy atom. The van der Waals surface area contributed by atoms with Gasteiger partial charge in [0.1, 0.15) is 17.5 Å². The molecule has 0 aliphatic carbocycles. The molecule has 0 N–H and O–H groups in total. The zero-order chi connectivity index (χ0) is 14.5. The monoisotopic (exact) mass is 273 g/mol. The highest BCUT2D eigenvalue weighted by atomic mass is 16.5. The van der Waals surface area contributed by atoms with Gasteiger partial charge in [0, 0.05) is 13.1 Å². The summed E-state index contributed by atoms with van der Waals surface area (Å²) in [6.45, 7) is 5.66. The first-order chi connectivity index (χ1) is 9.67. The fraction of sp³-hybridized carbons (Fsp3) is 0.533. The number of rotatable bonds is 3. The van der Waals surface area contributed by atoms with Gasteiger partial charge in [-0.25, -0.2) is 9.78 Å². The quantitative estimate of drug-likeness (QED) is 0.791. The van der Waals surface area contributed by atoms with Crippen molar-refractivity contribution in [1.82, 2.24) is 4.98 Å². The Morgan fingerprint density at radius 1 is 1.45 bits per heavy atom. The molecule has 2 rings (SSSR count). The number of carbonyl (C=O) groups excluding carboxylic acids is 1. The first kappa shape index (κ1) is 14.3. The zero-order valence-electron chi connectivity index (χ0n) is 12.0. The number of carbonyl (C=O) groups is 1. The minimum Gasteiger partial charge on any atom is -0.462 e. The van der Waals surface area contributed by atoms with E-state index in [1.54, 1.807) is 19.9 Å². The Labute approximate surface area is 119 Å². The van der Waals surface area contributed by atoms with Crippen LogP contribution >= 0.6 is 0 Å². The van der Waals surface area contributed by atoms with Gasteiger partial charge in [0.25, 0.3) is 0 Å². The van der Waals surface area contributed by atoms with E-state index < -0.39 is 5.97 Å². The molecular formula is C15H19N3O2. The van der Waals surface area contributed by atoms with Crippen molar-refractivity contribution in [3.63, 3.8) is 0 Å². The molecule has 0 atom stereocenters. The number of hydrogen-bond acceptors (Lipinski definition) is 5. The van der Waals surface area contributed by atoms with Gasteiger partial charge in [-0.2, -0.15) is 5.26 Å². The average molecular weight is 273 g/mol. The second-order valence-electron chi connectivity index (χ2n) is 4.87. The molecule has 106 valence electrons. The summed E-state index contributed by atoms with van der Waals surface area (Å²) < 4.78 is 5.08. The maximum atomic E-state index is 12.1. The molecule has 2 heterocycles. The lowest BCUT2D eigenvalue weighted by atomic mass is 10.1. The highest BCUT2D eigenvalue weighted by Crippen LogP contribution is 2.25. The number of esters is 1. The summed E-state index contributed by atoms with van der Waals surface area (Å²) >= 11 is 0. The highest BCUT2D eigenvalue weighted by molar-refractivity contribution is 5.95. The van der Waals surface area contributed by atoms with Gasteiger partial charge >= 0.3 is 5.97 Å². The van der Waals surface area contributed by atoms with Crippen LogP contribution in [0.3, 0.4) is 0 Å². The van der Waals surface area contributed by atoms with Gasteiger partial charge in [-0.05, 0) is 39.2 Å². The maximum absolute atomic E-state index is 12.1. The van der Waals surface area contributed by atoms with Gasteiger partial charge in [-0.3, -0.25) is 0 Å². The van der Waals surface area contributed by atoms with E-state index in [1.807, 2.05) is 0 Å². The van der Waals surface area contributed by atoms with Crippen LogP contribution in [0.5, 0.6) is 0 Å². The van der Waals surface area contributed by atoms with Crippen molar-refractivity contribution in [3.05, 3.63) is 22.9 Å². The van der Waals surface area contributed by atoms with Crippen LogP contribution in [0.2, 0.25) is 0 Å². The van der Waals surface area contributed by atoms with E-state index in [1.165, 1.54) is 6.42 Å². The summed E-state index contributed by atoms with van der Waals surface area (Å²) in [4.78, 5) is 18.7. The predicted molar refractivity (Wildman–Crippen MR) is 75.7 cm³/mol. The van der Waals surface area contributed by atoms with Crippen LogP contribution in [0.25, 0.3) is 0 Å². The van der Waals surface area contributed by atoms with Crippen molar-refractivity contribution in [2.75, 3.05) is 24.6 Å². The smallest absolute Gasteiger partial charge is 0.341 e. The van der Waals surface area contributed by atoms with E-state index in [0.29, 0.717) is 29.2 Å². The fourth-order valence-electron chi connectivity index (χ4n) is 2.41. The summed E-state index contributed by atoms with van der Waals surface area (Å²) in [5, 5.41) is 9.10. The Hall–Kier alpha value is -2.09.